The molecule has 3 aromatic rings. The lowest BCUT2D eigenvalue weighted by Crippen LogP contribution is -2.25. The van der Waals surface area contributed by atoms with E-state index in [1.165, 1.54) is 12.1 Å². The molecule has 0 unspecified atom stereocenters. The molecule has 0 saturated carbocycles. The summed E-state index contributed by atoms with van der Waals surface area (Å²) in [6, 6.07) is 18.5. The molecular weight excluding hydrogens is 279 g/mol. The quantitative estimate of drug-likeness (QED) is 0.728. The van der Waals surface area contributed by atoms with Crippen LogP contribution in [-0.4, -0.2) is 11.4 Å². The number of aliphatic hydroxyl groups is 1. The predicted molar refractivity (Wildman–Crippen MR) is 83.4 cm³/mol. The van der Waals surface area contributed by atoms with E-state index in [4.69, 9.17) is 4.74 Å². The third kappa shape index (κ3) is 2.14. The number of ether oxygens (including phenoxy) is 1. The summed E-state index contributed by atoms with van der Waals surface area (Å²) in [6.45, 7) is 0. The molecule has 0 radical (unpaired) electrons. The zero-order valence-corrected chi connectivity index (χ0v) is 11.9. The van der Waals surface area contributed by atoms with Crippen molar-refractivity contribution in [3.8, 4) is 5.75 Å². The molecule has 1 heterocycles. The number of aliphatic hydroxyl groups excluding tert-OH is 1. The molecule has 0 aromatic heterocycles. The van der Waals surface area contributed by atoms with E-state index >= 15 is 0 Å². The summed E-state index contributed by atoms with van der Waals surface area (Å²) < 4.78 is 18.9. The van der Waals surface area contributed by atoms with Gasteiger partial charge in [0, 0.05) is 23.3 Å². The van der Waals surface area contributed by atoms with Crippen LogP contribution in [0.15, 0.2) is 60.7 Å². The summed E-state index contributed by atoms with van der Waals surface area (Å²) in [4.78, 5) is 0. The average molecular weight is 294 g/mol. The molecular formula is C19H15FO2. The number of rotatable bonds is 1. The maximum Gasteiger partial charge on any atom is 0.198 e. The molecule has 0 fully saturated rings. The lowest BCUT2D eigenvalue weighted by molar-refractivity contribution is -0.0347. The lowest BCUT2D eigenvalue weighted by Gasteiger charge is -2.30. The van der Waals surface area contributed by atoms with E-state index in [0.29, 0.717) is 6.42 Å². The van der Waals surface area contributed by atoms with Crippen molar-refractivity contribution in [3.05, 3.63) is 77.6 Å². The Morgan fingerprint density at radius 1 is 0.955 bits per heavy atom. The van der Waals surface area contributed by atoms with Crippen molar-refractivity contribution < 1.29 is 14.2 Å². The summed E-state index contributed by atoms with van der Waals surface area (Å²) in [5.74, 6) is 0.477. The molecule has 0 spiro atoms. The number of halogens is 1. The van der Waals surface area contributed by atoms with Gasteiger partial charge in [-0.3, -0.25) is 0 Å². The largest absolute Gasteiger partial charge is 0.464 e. The highest BCUT2D eigenvalue weighted by Gasteiger charge is 2.29. The summed E-state index contributed by atoms with van der Waals surface area (Å²) in [5, 5.41) is 12.2. The van der Waals surface area contributed by atoms with E-state index in [2.05, 4.69) is 6.07 Å². The van der Waals surface area contributed by atoms with Crippen molar-refractivity contribution in [2.75, 3.05) is 0 Å². The zero-order chi connectivity index (χ0) is 15.1. The van der Waals surface area contributed by atoms with E-state index in [-0.39, 0.29) is 11.7 Å². The van der Waals surface area contributed by atoms with Crippen molar-refractivity contribution in [3.63, 3.8) is 0 Å². The molecule has 1 aliphatic heterocycles. The summed E-state index contributed by atoms with van der Waals surface area (Å²) >= 11 is 0. The Morgan fingerprint density at radius 2 is 1.73 bits per heavy atom. The summed E-state index contributed by atoms with van der Waals surface area (Å²) in [7, 11) is 0. The molecule has 4 rings (SSSR count). The van der Waals surface area contributed by atoms with Crippen molar-refractivity contribution in [2.24, 2.45) is 0 Å². The van der Waals surface area contributed by atoms with Crippen molar-refractivity contribution in [2.45, 2.75) is 18.6 Å². The van der Waals surface area contributed by atoms with E-state index in [1.807, 2.05) is 30.3 Å². The summed E-state index contributed by atoms with van der Waals surface area (Å²) in [5.41, 5.74) is 2.02. The van der Waals surface area contributed by atoms with Crippen LogP contribution in [0.3, 0.4) is 0 Å². The normalized spacial score (nSPS) is 20.5. The van der Waals surface area contributed by atoms with Crippen LogP contribution in [0, 0.1) is 5.82 Å². The monoisotopic (exact) mass is 294 g/mol. The van der Waals surface area contributed by atoms with Gasteiger partial charge in [-0.05, 0) is 23.1 Å². The van der Waals surface area contributed by atoms with Gasteiger partial charge in [-0.15, -0.1) is 0 Å². The van der Waals surface area contributed by atoms with Gasteiger partial charge in [0.15, 0.2) is 6.29 Å². The highest BCUT2D eigenvalue weighted by molar-refractivity contribution is 5.90. The molecule has 0 bridgehead atoms. The molecule has 110 valence electrons. The molecule has 3 aromatic carbocycles. The maximum atomic E-state index is 13.2. The van der Waals surface area contributed by atoms with Crippen LogP contribution in [0.4, 0.5) is 4.39 Å². The third-order valence-electron chi connectivity index (χ3n) is 4.25. The first kappa shape index (κ1) is 13.3. The Hall–Kier alpha value is -2.39. The van der Waals surface area contributed by atoms with Gasteiger partial charge in [-0.25, -0.2) is 4.39 Å². The number of hydrogen-bond donors (Lipinski definition) is 1. The van der Waals surface area contributed by atoms with Gasteiger partial charge in [-0.1, -0.05) is 48.5 Å². The standard InChI is InChI=1S/C19H15FO2/c20-14-8-5-13(6-9-14)17-11-18(21)22-19-15-4-2-1-3-12(15)7-10-16(17)19/h1-10,17-18,21H,11H2/t17-,18-/m0/s1. The Labute approximate surface area is 127 Å². The summed E-state index contributed by atoms with van der Waals surface area (Å²) in [6.07, 6.45) is -0.384. The molecule has 0 amide bonds. The first-order valence-corrected chi connectivity index (χ1v) is 7.34. The lowest BCUT2D eigenvalue weighted by atomic mass is 9.85. The topological polar surface area (TPSA) is 29.5 Å². The van der Waals surface area contributed by atoms with Crippen LogP contribution >= 0.6 is 0 Å². The predicted octanol–water partition coefficient (Wildman–Crippen LogP) is 4.21. The van der Waals surface area contributed by atoms with Crippen LogP contribution in [0.1, 0.15) is 23.5 Å². The highest BCUT2D eigenvalue weighted by Crippen LogP contribution is 2.43. The SMILES string of the molecule is O[C@@H]1C[C@@H](c2ccc(F)cc2)c2ccc3ccccc3c2O1. The molecule has 2 nitrogen and oxygen atoms in total. The van der Waals surface area contributed by atoms with Gasteiger partial charge >= 0.3 is 0 Å². The van der Waals surface area contributed by atoms with E-state index in [0.717, 1.165) is 27.6 Å². The van der Waals surface area contributed by atoms with Gasteiger partial charge < -0.3 is 9.84 Å². The Morgan fingerprint density at radius 3 is 2.55 bits per heavy atom. The highest BCUT2D eigenvalue weighted by atomic mass is 19.1. The van der Waals surface area contributed by atoms with Gasteiger partial charge in [0.2, 0.25) is 0 Å². The van der Waals surface area contributed by atoms with E-state index in [9.17, 15) is 9.50 Å². The second-order valence-corrected chi connectivity index (χ2v) is 5.62. The van der Waals surface area contributed by atoms with Crippen LogP contribution in [0.25, 0.3) is 10.8 Å². The van der Waals surface area contributed by atoms with E-state index < -0.39 is 6.29 Å². The zero-order valence-electron chi connectivity index (χ0n) is 11.9. The first-order chi connectivity index (χ1) is 10.7. The Balaban J connectivity index is 1.90. The smallest absolute Gasteiger partial charge is 0.198 e. The first-order valence-electron chi connectivity index (χ1n) is 7.34. The number of fused-ring (bicyclic) bond motifs is 3. The van der Waals surface area contributed by atoms with Crippen LogP contribution in [-0.2, 0) is 0 Å². The van der Waals surface area contributed by atoms with Gasteiger partial charge in [0.05, 0.1) is 0 Å². The average Bonchev–Trinajstić information content (AvgIpc) is 2.55. The molecule has 1 N–H and O–H groups in total. The fourth-order valence-electron chi connectivity index (χ4n) is 3.19. The van der Waals surface area contributed by atoms with Gasteiger partial charge in [0.1, 0.15) is 11.6 Å². The van der Waals surface area contributed by atoms with E-state index in [1.54, 1.807) is 12.1 Å². The molecule has 22 heavy (non-hydrogen) atoms. The van der Waals surface area contributed by atoms with Crippen molar-refractivity contribution >= 4 is 10.8 Å². The fourth-order valence-corrected chi connectivity index (χ4v) is 3.19. The van der Waals surface area contributed by atoms with Crippen LogP contribution in [0.2, 0.25) is 0 Å². The Bertz CT molecular complexity index is 826. The number of hydrogen-bond acceptors (Lipinski definition) is 2. The minimum absolute atomic E-state index is 0.00366. The minimum atomic E-state index is -0.853. The molecule has 3 heteroatoms. The molecule has 0 saturated heterocycles. The van der Waals surface area contributed by atoms with Crippen LogP contribution in [0.5, 0.6) is 5.75 Å². The number of benzene rings is 3. The molecule has 0 aliphatic carbocycles. The fraction of sp³-hybridized carbons (Fsp3) is 0.158. The molecule has 1 aliphatic rings. The second kappa shape index (κ2) is 5.11. The Kier molecular flexibility index (Phi) is 3.09. The van der Waals surface area contributed by atoms with Crippen molar-refractivity contribution in [1.29, 1.82) is 0 Å². The van der Waals surface area contributed by atoms with Gasteiger partial charge in [-0.2, -0.15) is 0 Å². The minimum Gasteiger partial charge on any atom is -0.464 e. The third-order valence-corrected chi connectivity index (χ3v) is 4.25. The molecule has 2 atom stereocenters. The maximum absolute atomic E-state index is 13.2. The van der Waals surface area contributed by atoms with Crippen LogP contribution < -0.4 is 4.74 Å². The van der Waals surface area contributed by atoms with Crippen molar-refractivity contribution in [1.82, 2.24) is 0 Å². The van der Waals surface area contributed by atoms with Gasteiger partial charge in [0.25, 0.3) is 0 Å². The second-order valence-electron chi connectivity index (χ2n) is 5.62.